The van der Waals surface area contributed by atoms with Crippen LogP contribution in [0.4, 0.5) is 5.13 Å². The quantitative estimate of drug-likeness (QED) is 0.530. The van der Waals surface area contributed by atoms with Gasteiger partial charge >= 0.3 is 0 Å². The van der Waals surface area contributed by atoms with Crippen molar-refractivity contribution in [2.75, 3.05) is 39.2 Å². The summed E-state index contributed by atoms with van der Waals surface area (Å²) >= 11 is 7.66. The Balaban J connectivity index is 1.90. The number of ether oxygens (including phenoxy) is 1. The van der Waals surface area contributed by atoms with Crippen molar-refractivity contribution in [3.05, 3.63) is 59.1 Å². The first-order chi connectivity index (χ1) is 13.5. The molecular weight excluding hydrogens is 394 g/mol. The molecule has 5 nitrogen and oxygen atoms in total. The first kappa shape index (κ1) is 20.3. The number of nitrogens with zero attached hydrogens (tertiary/aromatic N) is 3. The van der Waals surface area contributed by atoms with Gasteiger partial charge in [0.2, 0.25) is 0 Å². The van der Waals surface area contributed by atoms with Crippen LogP contribution >= 0.6 is 22.9 Å². The van der Waals surface area contributed by atoms with Crippen LogP contribution in [-0.4, -0.2) is 50.1 Å². The van der Waals surface area contributed by atoms with Crippen LogP contribution in [0.25, 0.3) is 16.3 Å². The average Bonchev–Trinajstić information content (AvgIpc) is 3.09. The van der Waals surface area contributed by atoms with Crippen LogP contribution in [0.3, 0.4) is 0 Å². The summed E-state index contributed by atoms with van der Waals surface area (Å²) in [7, 11) is 5.59. The maximum Gasteiger partial charge on any atom is 0.252 e. The zero-order chi connectivity index (χ0) is 20.1. The molecule has 2 aromatic carbocycles. The van der Waals surface area contributed by atoms with E-state index in [0.29, 0.717) is 16.7 Å². The Labute approximate surface area is 173 Å². The molecule has 0 bridgehead atoms. The number of likely N-dealkylation sites (N-methyl/N-ethyl adjacent to an activating group) is 1. The molecular formula is C21H22ClN3O2S. The molecule has 146 valence electrons. The summed E-state index contributed by atoms with van der Waals surface area (Å²) in [5.74, 6) is 0.639. The minimum Gasteiger partial charge on any atom is -0.497 e. The van der Waals surface area contributed by atoms with Crippen molar-refractivity contribution in [3.8, 4) is 5.75 Å². The molecule has 7 heteroatoms. The van der Waals surface area contributed by atoms with Crippen molar-refractivity contribution < 1.29 is 9.53 Å². The summed E-state index contributed by atoms with van der Waals surface area (Å²) in [4.78, 5) is 21.3. The van der Waals surface area contributed by atoms with Gasteiger partial charge in [0.15, 0.2) is 5.13 Å². The molecule has 0 radical (unpaired) electrons. The van der Waals surface area contributed by atoms with Gasteiger partial charge < -0.3 is 9.64 Å². The molecule has 3 aromatic rings. The SMILES string of the molecule is COc1ccc2nc(N(CCN(C)C)C(=O)/C=C/c3ccccc3Cl)sc2c1. The van der Waals surface area contributed by atoms with Gasteiger partial charge in [-0.25, -0.2) is 4.98 Å². The first-order valence-corrected chi connectivity index (χ1v) is 10.0. The predicted molar refractivity (Wildman–Crippen MR) is 118 cm³/mol. The van der Waals surface area contributed by atoms with Gasteiger partial charge in [-0.3, -0.25) is 9.69 Å². The van der Waals surface area contributed by atoms with Crippen LogP contribution in [0, 0.1) is 0 Å². The summed E-state index contributed by atoms with van der Waals surface area (Å²) in [6.45, 7) is 1.26. The third kappa shape index (κ3) is 4.90. The smallest absolute Gasteiger partial charge is 0.252 e. The maximum atomic E-state index is 13.0. The number of fused-ring (bicyclic) bond motifs is 1. The fourth-order valence-electron chi connectivity index (χ4n) is 2.60. The van der Waals surface area contributed by atoms with Crippen molar-refractivity contribution in [1.29, 1.82) is 0 Å². The molecule has 0 unspecified atom stereocenters. The molecule has 0 N–H and O–H groups in total. The van der Waals surface area contributed by atoms with Gasteiger partial charge in [0, 0.05) is 24.2 Å². The van der Waals surface area contributed by atoms with E-state index >= 15 is 0 Å². The fraction of sp³-hybridized carbons (Fsp3) is 0.238. The zero-order valence-corrected chi connectivity index (χ0v) is 17.6. The molecule has 0 saturated carbocycles. The largest absolute Gasteiger partial charge is 0.497 e. The molecule has 1 aromatic heterocycles. The molecule has 0 fully saturated rings. The maximum absolute atomic E-state index is 13.0. The minimum atomic E-state index is -0.132. The summed E-state index contributed by atoms with van der Waals surface area (Å²) in [5.41, 5.74) is 1.65. The number of methoxy groups -OCH3 is 1. The van der Waals surface area contributed by atoms with Crippen LogP contribution in [0.2, 0.25) is 5.02 Å². The second kappa shape index (κ2) is 9.19. The number of rotatable bonds is 7. The van der Waals surface area contributed by atoms with Crippen molar-refractivity contribution in [3.63, 3.8) is 0 Å². The molecule has 0 aliphatic carbocycles. The molecule has 0 atom stereocenters. The lowest BCUT2D eigenvalue weighted by atomic mass is 10.2. The molecule has 0 aliphatic heterocycles. The van der Waals surface area contributed by atoms with E-state index in [1.54, 1.807) is 30.2 Å². The van der Waals surface area contributed by atoms with Crippen molar-refractivity contribution in [1.82, 2.24) is 9.88 Å². The average molecular weight is 416 g/mol. The first-order valence-electron chi connectivity index (χ1n) is 8.81. The van der Waals surface area contributed by atoms with Crippen LogP contribution in [-0.2, 0) is 4.79 Å². The predicted octanol–water partition coefficient (Wildman–Crippen LogP) is 4.57. The van der Waals surface area contributed by atoms with E-state index < -0.39 is 0 Å². The molecule has 0 aliphatic rings. The number of amides is 1. The highest BCUT2D eigenvalue weighted by Crippen LogP contribution is 2.31. The van der Waals surface area contributed by atoms with Crippen molar-refractivity contribution in [2.24, 2.45) is 0 Å². The summed E-state index contributed by atoms with van der Waals surface area (Å²) in [6.07, 6.45) is 3.28. The Morgan fingerprint density at radius 2 is 2.00 bits per heavy atom. The molecule has 1 amide bonds. The number of hydrogen-bond donors (Lipinski definition) is 0. The number of benzene rings is 2. The van der Waals surface area contributed by atoms with E-state index in [9.17, 15) is 4.79 Å². The fourth-order valence-corrected chi connectivity index (χ4v) is 3.82. The highest BCUT2D eigenvalue weighted by Gasteiger charge is 2.18. The van der Waals surface area contributed by atoms with Gasteiger partial charge in [0.05, 0.1) is 17.3 Å². The van der Waals surface area contributed by atoms with Gasteiger partial charge in [-0.1, -0.05) is 41.1 Å². The lowest BCUT2D eigenvalue weighted by molar-refractivity contribution is -0.114. The number of carbonyl (C=O) groups excluding carboxylic acids is 1. The van der Waals surface area contributed by atoms with Gasteiger partial charge in [-0.2, -0.15) is 0 Å². The molecule has 3 rings (SSSR count). The van der Waals surface area contributed by atoms with Crippen LogP contribution in [0.1, 0.15) is 5.56 Å². The summed E-state index contributed by atoms with van der Waals surface area (Å²) < 4.78 is 6.26. The van der Waals surface area contributed by atoms with E-state index in [-0.39, 0.29) is 5.91 Å². The van der Waals surface area contributed by atoms with E-state index in [0.717, 1.165) is 28.1 Å². The Hall–Kier alpha value is -2.41. The van der Waals surface area contributed by atoms with E-state index in [1.807, 2.05) is 55.4 Å². The Morgan fingerprint density at radius 1 is 1.21 bits per heavy atom. The van der Waals surface area contributed by atoms with E-state index in [4.69, 9.17) is 16.3 Å². The van der Waals surface area contributed by atoms with Gasteiger partial charge in [-0.15, -0.1) is 0 Å². The number of carbonyl (C=O) groups is 1. The lowest BCUT2D eigenvalue weighted by Crippen LogP contribution is -2.35. The van der Waals surface area contributed by atoms with Crippen LogP contribution < -0.4 is 9.64 Å². The van der Waals surface area contributed by atoms with Crippen LogP contribution in [0.5, 0.6) is 5.75 Å². The molecule has 0 spiro atoms. The third-order valence-electron chi connectivity index (χ3n) is 4.16. The van der Waals surface area contributed by atoms with E-state index in [1.165, 1.54) is 11.3 Å². The Morgan fingerprint density at radius 3 is 2.71 bits per heavy atom. The van der Waals surface area contributed by atoms with Crippen LogP contribution in [0.15, 0.2) is 48.5 Å². The van der Waals surface area contributed by atoms with Gasteiger partial charge in [-0.05, 0) is 50.0 Å². The van der Waals surface area contributed by atoms with Crippen molar-refractivity contribution >= 4 is 50.3 Å². The minimum absolute atomic E-state index is 0.132. The van der Waals surface area contributed by atoms with Crippen molar-refractivity contribution in [2.45, 2.75) is 0 Å². The molecule has 28 heavy (non-hydrogen) atoms. The second-order valence-electron chi connectivity index (χ2n) is 6.48. The number of anilines is 1. The number of hydrogen-bond acceptors (Lipinski definition) is 5. The van der Waals surface area contributed by atoms with Gasteiger partial charge in [0.25, 0.3) is 5.91 Å². The highest BCUT2D eigenvalue weighted by molar-refractivity contribution is 7.22. The van der Waals surface area contributed by atoms with E-state index in [2.05, 4.69) is 4.98 Å². The van der Waals surface area contributed by atoms with Gasteiger partial charge in [0.1, 0.15) is 5.75 Å². The standard InChI is InChI=1S/C21H22ClN3O2S/c1-24(2)12-13-25(20(26)11-8-15-6-4-5-7-17(15)22)21-23-18-10-9-16(27-3)14-19(18)28-21/h4-11,14H,12-13H2,1-3H3/b11-8+. The summed E-state index contributed by atoms with van der Waals surface area (Å²) in [6, 6.07) is 13.1. The number of halogens is 1. The Bertz CT molecular complexity index is 1000. The highest BCUT2D eigenvalue weighted by atomic mass is 35.5. The second-order valence-corrected chi connectivity index (χ2v) is 7.89. The topological polar surface area (TPSA) is 45.7 Å². The molecule has 0 saturated heterocycles. The number of thiazole rings is 1. The third-order valence-corrected chi connectivity index (χ3v) is 5.55. The normalized spacial score (nSPS) is 11.5. The molecule has 1 heterocycles. The Kier molecular flexibility index (Phi) is 6.67. The summed E-state index contributed by atoms with van der Waals surface area (Å²) in [5, 5.41) is 1.28. The zero-order valence-electron chi connectivity index (χ0n) is 16.1. The lowest BCUT2D eigenvalue weighted by Gasteiger charge is -2.20. The number of aromatic nitrogens is 1. The monoisotopic (exact) mass is 415 g/mol.